The van der Waals surface area contributed by atoms with E-state index < -0.39 is 73.3 Å². The van der Waals surface area contributed by atoms with Crippen molar-refractivity contribution in [3.05, 3.63) is 42.3 Å². The van der Waals surface area contributed by atoms with Crippen molar-refractivity contribution in [1.29, 1.82) is 0 Å². The summed E-state index contributed by atoms with van der Waals surface area (Å²) < 4.78 is 53.2. The number of nitrogens with one attached hydrogen (secondary N) is 3. The van der Waals surface area contributed by atoms with Crippen molar-refractivity contribution in [3.63, 3.8) is 0 Å². The average molecular weight is 915 g/mol. The summed E-state index contributed by atoms with van der Waals surface area (Å²) in [7, 11) is -1.61. The Morgan fingerprint density at radius 3 is 2.44 bits per heavy atom. The zero-order valence-corrected chi connectivity index (χ0v) is 38.8. The fourth-order valence-corrected chi connectivity index (χ4v) is 11.0. The molecule has 3 N–H and O–H groups in total. The molecule has 0 spiro atoms. The summed E-state index contributed by atoms with van der Waals surface area (Å²) in [6.45, 7) is 14.0. The third kappa shape index (κ3) is 10.9. The SMILES string of the molecule is C=C[C@@H]1C[C@]1(NC(=O)[C@@H]1C[C@@H](Oc2cc(-c3csc(NC(C)C)n3)nc3cc(OC)ccc23)CN1C(=O)[C@@H](NC(=O)OC1CCCC1)C(C)(C)C)P(=O)(OCC)OCOC(=O)OC. The second-order valence-corrected chi connectivity index (χ2v) is 20.4. The summed E-state index contributed by atoms with van der Waals surface area (Å²) >= 11 is 1.44. The van der Waals surface area contributed by atoms with E-state index in [1.807, 2.05) is 46.1 Å². The number of likely N-dealkylation sites (tertiary alicyclic amines) is 1. The molecule has 63 heavy (non-hydrogen) atoms. The molecule has 0 radical (unpaired) electrons. The number of carbonyl (C=O) groups excluding carboxylic acids is 4. The highest BCUT2D eigenvalue weighted by Gasteiger charge is 2.69. The Balaban J connectivity index is 1.35. The minimum Gasteiger partial charge on any atom is -0.497 e. The van der Waals surface area contributed by atoms with Crippen LogP contribution in [-0.4, -0.2) is 109 Å². The highest BCUT2D eigenvalue weighted by molar-refractivity contribution is 7.56. The number of thiazole rings is 1. The summed E-state index contributed by atoms with van der Waals surface area (Å²) in [6, 6.07) is 5.03. The van der Waals surface area contributed by atoms with Gasteiger partial charge >= 0.3 is 19.8 Å². The van der Waals surface area contributed by atoms with E-state index in [0.29, 0.717) is 33.8 Å². The number of amides is 3. The lowest BCUT2D eigenvalue weighted by molar-refractivity contribution is -0.142. The second kappa shape index (κ2) is 19.8. The third-order valence-corrected chi connectivity index (χ3v) is 14.6. The van der Waals surface area contributed by atoms with Gasteiger partial charge in [0.1, 0.15) is 46.8 Å². The molecule has 2 saturated carbocycles. The molecule has 18 nitrogen and oxygen atoms in total. The highest BCUT2D eigenvalue weighted by Crippen LogP contribution is 2.73. The maximum Gasteiger partial charge on any atom is 0.510 e. The van der Waals surface area contributed by atoms with Crippen LogP contribution in [0.2, 0.25) is 0 Å². The Labute approximate surface area is 371 Å². The monoisotopic (exact) mass is 914 g/mol. The van der Waals surface area contributed by atoms with Gasteiger partial charge in [0.25, 0.3) is 0 Å². The van der Waals surface area contributed by atoms with Crippen LogP contribution in [0.3, 0.4) is 0 Å². The molecule has 6 rings (SSSR count). The van der Waals surface area contributed by atoms with Crippen molar-refractivity contribution < 1.29 is 56.5 Å². The second-order valence-electron chi connectivity index (χ2n) is 17.2. The molecule has 1 aromatic carbocycles. The molecular formula is C43H59N6O12PS. The predicted octanol–water partition coefficient (Wildman–Crippen LogP) is 7.62. The van der Waals surface area contributed by atoms with E-state index in [4.69, 9.17) is 38.0 Å². The van der Waals surface area contributed by atoms with Gasteiger partial charge in [-0.1, -0.05) is 26.8 Å². The smallest absolute Gasteiger partial charge is 0.497 e. The van der Waals surface area contributed by atoms with E-state index >= 15 is 0 Å². The van der Waals surface area contributed by atoms with Gasteiger partial charge in [-0.05, 0) is 70.4 Å². The molecule has 1 aliphatic heterocycles. The number of aromatic nitrogens is 2. The largest absolute Gasteiger partial charge is 0.510 e. The van der Waals surface area contributed by atoms with E-state index in [1.54, 1.807) is 32.2 Å². The lowest BCUT2D eigenvalue weighted by atomic mass is 9.85. The van der Waals surface area contributed by atoms with Gasteiger partial charge in [0.05, 0.1) is 38.6 Å². The molecule has 3 heterocycles. The van der Waals surface area contributed by atoms with Crippen LogP contribution in [0.5, 0.6) is 11.5 Å². The molecule has 0 bridgehead atoms. The van der Waals surface area contributed by atoms with Gasteiger partial charge in [-0.15, -0.1) is 17.9 Å². The number of ether oxygens (including phenoxy) is 5. The van der Waals surface area contributed by atoms with Gasteiger partial charge in [0.15, 0.2) is 5.13 Å². The Morgan fingerprint density at radius 1 is 1.06 bits per heavy atom. The number of alkyl carbamates (subject to hydrolysis) is 1. The lowest BCUT2D eigenvalue weighted by Gasteiger charge is -2.36. The molecular weight excluding hydrogens is 856 g/mol. The number of hydrogen-bond donors (Lipinski definition) is 3. The lowest BCUT2D eigenvalue weighted by Crippen LogP contribution is -2.58. The van der Waals surface area contributed by atoms with Crippen LogP contribution in [0.1, 0.15) is 80.1 Å². The number of hydrogen-bond acceptors (Lipinski definition) is 16. The summed E-state index contributed by atoms with van der Waals surface area (Å²) in [5.74, 6) is -0.773. The first-order chi connectivity index (χ1) is 29.9. The Hall–Kier alpha value is -4.97. The van der Waals surface area contributed by atoms with Gasteiger partial charge < -0.3 is 49.1 Å². The minimum absolute atomic E-state index is 0.00446. The molecule has 6 atom stereocenters. The van der Waals surface area contributed by atoms with Crippen LogP contribution in [0.15, 0.2) is 42.3 Å². The van der Waals surface area contributed by atoms with Crippen molar-refractivity contribution in [2.75, 3.05) is 39.5 Å². The van der Waals surface area contributed by atoms with E-state index in [0.717, 1.165) is 37.9 Å². The Bertz CT molecular complexity index is 2210. The number of methoxy groups -OCH3 is 2. The fraction of sp³-hybridized carbons (Fsp3) is 0.581. The summed E-state index contributed by atoms with van der Waals surface area (Å²) in [4.78, 5) is 65.8. The zero-order chi connectivity index (χ0) is 45.7. The molecule has 344 valence electrons. The minimum atomic E-state index is -4.28. The van der Waals surface area contributed by atoms with Gasteiger partial charge in [0.2, 0.25) is 18.6 Å². The first-order valence-electron chi connectivity index (χ1n) is 21.1. The quantitative estimate of drug-likeness (QED) is 0.0484. The molecule has 20 heteroatoms. The zero-order valence-electron chi connectivity index (χ0n) is 37.1. The topological polar surface area (TPSA) is 215 Å². The van der Waals surface area contributed by atoms with Gasteiger partial charge in [-0.25, -0.2) is 19.6 Å². The van der Waals surface area contributed by atoms with Crippen LogP contribution < -0.4 is 25.4 Å². The number of anilines is 1. The van der Waals surface area contributed by atoms with Crippen molar-refractivity contribution in [3.8, 4) is 22.9 Å². The molecule has 1 unspecified atom stereocenters. The normalized spacial score (nSPS) is 22.5. The Kier molecular flexibility index (Phi) is 15.0. The maximum atomic E-state index is 14.9. The van der Waals surface area contributed by atoms with Crippen molar-refractivity contribution in [2.45, 2.75) is 116 Å². The van der Waals surface area contributed by atoms with Gasteiger partial charge in [-0.3, -0.25) is 18.7 Å². The van der Waals surface area contributed by atoms with Crippen LogP contribution >= 0.6 is 18.9 Å². The van der Waals surface area contributed by atoms with Crippen molar-refractivity contribution >= 4 is 59.0 Å². The van der Waals surface area contributed by atoms with E-state index in [2.05, 4.69) is 27.3 Å². The number of benzene rings is 1. The number of carbonyl (C=O) groups is 4. The van der Waals surface area contributed by atoms with Gasteiger partial charge in [-0.2, -0.15) is 0 Å². The van der Waals surface area contributed by atoms with E-state index in [9.17, 15) is 23.7 Å². The average Bonchev–Trinajstić information content (AvgIpc) is 3.64. The third-order valence-electron chi connectivity index (χ3n) is 11.2. The van der Waals surface area contributed by atoms with Crippen LogP contribution in [-0.2, 0) is 37.4 Å². The summed E-state index contributed by atoms with van der Waals surface area (Å²) in [5, 5.41) is 10.7. The predicted molar refractivity (Wildman–Crippen MR) is 236 cm³/mol. The summed E-state index contributed by atoms with van der Waals surface area (Å²) in [5.41, 5.74) is 0.888. The number of fused-ring (bicyclic) bond motifs is 1. The van der Waals surface area contributed by atoms with Gasteiger partial charge in [0, 0.05) is 41.3 Å². The number of nitrogens with zero attached hydrogens (tertiary/aromatic N) is 3. The highest BCUT2D eigenvalue weighted by atomic mass is 32.1. The maximum absolute atomic E-state index is 14.9. The standard InChI is InChI=1S/C43H59N6O12PS/c1-10-26-21-43(26,62(54,58-11-2)59-24-57-41(53)56-9)48-37(50)34-19-29(22-49(34)38(51)36(42(5,6)7)47-40(52)61-27-14-12-13-15-27)60-35-20-32(33-23-63-39(46-33)44-25(3)4)45-31-18-28(55-8)16-17-30(31)35/h10,16-18,20,23,25-27,29,34,36H,1,11-15,19,21-22,24H2,2-9H3,(H,44,46)(H,47,52)(H,48,50)/t26-,29-,34+,36-,43+,62?/m1/s1. The Morgan fingerprint density at radius 2 is 1.81 bits per heavy atom. The van der Waals surface area contributed by atoms with E-state index in [-0.39, 0.29) is 38.1 Å². The first kappa shape index (κ1) is 47.5. The van der Waals surface area contributed by atoms with Crippen molar-refractivity contribution in [2.24, 2.45) is 11.3 Å². The molecule has 3 amide bonds. The van der Waals surface area contributed by atoms with Crippen LogP contribution in [0.25, 0.3) is 22.3 Å². The molecule has 2 aliphatic carbocycles. The molecule has 3 fully saturated rings. The van der Waals surface area contributed by atoms with Crippen LogP contribution in [0, 0.1) is 11.3 Å². The number of pyridine rings is 1. The summed E-state index contributed by atoms with van der Waals surface area (Å²) in [6.07, 6.45) is 2.21. The fourth-order valence-electron chi connectivity index (χ4n) is 7.93. The van der Waals surface area contributed by atoms with Crippen molar-refractivity contribution in [1.82, 2.24) is 25.5 Å². The van der Waals surface area contributed by atoms with Crippen LogP contribution in [0.4, 0.5) is 14.7 Å². The molecule has 3 aliphatic rings. The molecule has 3 aromatic rings. The molecule has 1 saturated heterocycles. The first-order valence-corrected chi connectivity index (χ1v) is 23.6. The van der Waals surface area contributed by atoms with E-state index in [1.165, 1.54) is 22.3 Å². The molecule has 2 aromatic heterocycles. The number of rotatable bonds is 18.